The third kappa shape index (κ3) is 6.53. The molecule has 5 rings (SSSR count). The lowest BCUT2D eigenvalue weighted by atomic mass is 9.99. The topological polar surface area (TPSA) is 121 Å². The third-order valence-electron chi connectivity index (χ3n) is 7.04. The van der Waals surface area contributed by atoms with Gasteiger partial charge in [-0.2, -0.15) is 0 Å². The van der Waals surface area contributed by atoms with Gasteiger partial charge in [0.15, 0.2) is 9.84 Å². The Labute approximate surface area is 238 Å². The summed E-state index contributed by atoms with van der Waals surface area (Å²) in [6.07, 6.45) is 2.92. The van der Waals surface area contributed by atoms with Crippen LogP contribution in [-0.2, 0) is 31.5 Å². The molecule has 0 saturated heterocycles. The predicted octanol–water partition coefficient (Wildman–Crippen LogP) is 3.98. The van der Waals surface area contributed by atoms with E-state index in [1.54, 1.807) is 42.5 Å². The molecule has 0 radical (unpaired) electrons. The second-order valence-corrected chi connectivity index (χ2v) is 11.7. The maximum atomic E-state index is 13.3. The molecule has 208 valence electrons. The van der Waals surface area contributed by atoms with E-state index in [1.807, 2.05) is 24.3 Å². The lowest BCUT2D eigenvalue weighted by Gasteiger charge is -2.20. The van der Waals surface area contributed by atoms with E-state index < -0.39 is 27.2 Å². The van der Waals surface area contributed by atoms with Crippen LogP contribution in [0.15, 0.2) is 113 Å². The first-order valence-corrected chi connectivity index (χ1v) is 14.7. The van der Waals surface area contributed by atoms with Gasteiger partial charge in [0.2, 0.25) is 0 Å². The molecule has 1 aliphatic rings. The van der Waals surface area contributed by atoms with Gasteiger partial charge in [0, 0.05) is 24.1 Å². The summed E-state index contributed by atoms with van der Waals surface area (Å²) in [6, 6.07) is 29.1. The number of carbonyl (C=O) groups excluding carboxylic acids is 3. The number of carbonyl (C=O) groups is 3. The van der Waals surface area contributed by atoms with Crippen LogP contribution < -0.4 is 16.0 Å². The highest BCUT2D eigenvalue weighted by molar-refractivity contribution is 7.94. The zero-order valence-electron chi connectivity index (χ0n) is 22.2. The summed E-state index contributed by atoms with van der Waals surface area (Å²) in [5.74, 6) is -2.06. The fraction of sp³-hybridized carbons (Fsp3) is 0.156. The number of hydrogen-bond acceptors (Lipinski definition) is 5. The molecule has 0 atom stereocenters. The van der Waals surface area contributed by atoms with Crippen molar-refractivity contribution in [2.24, 2.45) is 0 Å². The van der Waals surface area contributed by atoms with Gasteiger partial charge in [0.25, 0.3) is 5.91 Å². The van der Waals surface area contributed by atoms with Gasteiger partial charge in [0.1, 0.15) is 0 Å². The van der Waals surface area contributed by atoms with Crippen molar-refractivity contribution in [2.45, 2.75) is 29.8 Å². The molecule has 1 fully saturated rings. The van der Waals surface area contributed by atoms with E-state index in [0.29, 0.717) is 11.1 Å². The number of amides is 3. The molecule has 3 N–H and O–H groups in total. The third-order valence-corrected chi connectivity index (χ3v) is 8.52. The zero-order valence-corrected chi connectivity index (χ0v) is 23.0. The highest BCUT2D eigenvalue weighted by Crippen LogP contribution is 2.46. The van der Waals surface area contributed by atoms with E-state index in [-0.39, 0.29) is 23.9 Å². The van der Waals surface area contributed by atoms with Crippen molar-refractivity contribution in [3.63, 3.8) is 0 Å². The summed E-state index contributed by atoms with van der Waals surface area (Å²) in [6.45, 7) is -0.175. The number of hydrogen-bond donors (Lipinski definition) is 3. The largest absolute Gasteiger partial charge is 0.344 e. The van der Waals surface area contributed by atoms with Crippen LogP contribution in [-0.4, -0.2) is 32.7 Å². The Bertz CT molecular complexity index is 1750. The molecule has 1 saturated carbocycles. The summed E-state index contributed by atoms with van der Waals surface area (Å²) in [5.41, 5.74) is 1.60. The average Bonchev–Trinajstić information content (AvgIpc) is 3.78. The molecule has 0 heterocycles. The minimum atomic E-state index is -3.64. The zero-order chi connectivity index (χ0) is 28.9. The van der Waals surface area contributed by atoms with Gasteiger partial charge < -0.3 is 16.0 Å². The van der Waals surface area contributed by atoms with Crippen LogP contribution in [0.2, 0.25) is 0 Å². The fourth-order valence-electron chi connectivity index (χ4n) is 4.63. The first-order valence-electron chi connectivity index (χ1n) is 13.2. The van der Waals surface area contributed by atoms with Crippen LogP contribution in [0.25, 0.3) is 10.8 Å². The molecule has 8 nitrogen and oxygen atoms in total. The van der Waals surface area contributed by atoms with Crippen LogP contribution in [0.1, 0.15) is 34.3 Å². The summed E-state index contributed by atoms with van der Waals surface area (Å²) in [4.78, 5) is 38.1. The predicted molar refractivity (Wildman–Crippen MR) is 156 cm³/mol. The Morgan fingerprint density at radius 2 is 1.41 bits per heavy atom. The summed E-state index contributed by atoms with van der Waals surface area (Å²) >= 11 is 0. The second-order valence-electron chi connectivity index (χ2n) is 9.88. The normalized spacial score (nSPS) is 14.0. The first-order chi connectivity index (χ1) is 19.8. The number of benzene rings is 4. The van der Waals surface area contributed by atoms with E-state index in [4.69, 9.17) is 0 Å². The quantitative estimate of drug-likeness (QED) is 0.264. The second kappa shape index (κ2) is 11.8. The van der Waals surface area contributed by atoms with Gasteiger partial charge in [-0.15, -0.1) is 0 Å². The molecule has 9 heteroatoms. The van der Waals surface area contributed by atoms with E-state index in [9.17, 15) is 22.8 Å². The average molecular weight is 568 g/mol. The molecule has 0 aromatic heterocycles. The van der Waals surface area contributed by atoms with Crippen molar-refractivity contribution in [3.8, 4) is 0 Å². The Morgan fingerprint density at radius 3 is 2.17 bits per heavy atom. The van der Waals surface area contributed by atoms with Crippen LogP contribution in [0.5, 0.6) is 0 Å². The van der Waals surface area contributed by atoms with Crippen LogP contribution in [0.3, 0.4) is 0 Å². The maximum Gasteiger partial charge on any atom is 0.309 e. The van der Waals surface area contributed by atoms with Gasteiger partial charge in [-0.05, 0) is 59.0 Å². The fourth-order valence-corrected chi connectivity index (χ4v) is 5.67. The molecule has 1 aliphatic carbocycles. The van der Waals surface area contributed by atoms with Gasteiger partial charge in [-0.25, -0.2) is 8.42 Å². The standard InChI is InChI=1S/C32H29N3O5S/c36-29(35-32(17-18-32)26-16-15-23-9-4-5-10-24(23)21-26)28-14-7-6-11-25(28)22-34-31(38)30(37)33-19-8-20-41(39,40)27-12-2-1-3-13-27/h1-16,20-21H,17-19,22H2,(H,33,37)(H,34,38)(H,35,36)/b20-8+. The van der Waals surface area contributed by atoms with Crippen LogP contribution in [0.4, 0.5) is 0 Å². The van der Waals surface area contributed by atoms with Crippen molar-refractivity contribution >= 4 is 38.3 Å². The molecule has 3 amide bonds. The van der Waals surface area contributed by atoms with Crippen molar-refractivity contribution < 1.29 is 22.8 Å². The maximum absolute atomic E-state index is 13.3. The molecule has 0 unspecified atom stereocenters. The molecule has 0 bridgehead atoms. The Hall–Kier alpha value is -4.76. The molecule has 4 aromatic rings. The molecule has 0 spiro atoms. The number of nitrogens with one attached hydrogen (secondary N) is 3. The highest BCUT2D eigenvalue weighted by Gasteiger charge is 2.46. The van der Waals surface area contributed by atoms with Crippen molar-refractivity contribution in [1.82, 2.24) is 16.0 Å². The van der Waals surface area contributed by atoms with Gasteiger partial charge in [-0.3, -0.25) is 14.4 Å². The van der Waals surface area contributed by atoms with Crippen molar-refractivity contribution in [1.29, 1.82) is 0 Å². The van der Waals surface area contributed by atoms with E-state index >= 15 is 0 Å². The van der Waals surface area contributed by atoms with Gasteiger partial charge in [-0.1, -0.05) is 78.9 Å². The van der Waals surface area contributed by atoms with Crippen molar-refractivity contribution in [3.05, 3.63) is 125 Å². The number of fused-ring (bicyclic) bond motifs is 1. The van der Waals surface area contributed by atoms with Gasteiger partial charge in [0.05, 0.1) is 10.4 Å². The SMILES string of the molecule is O=C(NC/C=C/S(=O)(=O)c1ccccc1)C(=O)NCc1ccccc1C(=O)NC1(c2ccc3ccccc3c2)CC1. The molecule has 4 aromatic carbocycles. The van der Waals surface area contributed by atoms with Crippen LogP contribution in [0, 0.1) is 0 Å². The monoisotopic (exact) mass is 567 g/mol. The van der Waals surface area contributed by atoms with E-state index in [2.05, 4.69) is 34.1 Å². The molecular weight excluding hydrogens is 538 g/mol. The number of rotatable bonds is 9. The Balaban J connectivity index is 1.17. The lowest BCUT2D eigenvalue weighted by molar-refractivity contribution is -0.139. The smallest absolute Gasteiger partial charge is 0.309 e. The lowest BCUT2D eigenvalue weighted by Crippen LogP contribution is -2.40. The Kier molecular flexibility index (Phi) is 7.98. The van der Waals surface area contributed by atoms with E-state index in [1.165, 1.54) is 18.2 Å². The first kappa shape index (κ1) is 27.8. The minimum Gasteiger partial charge on any atom is -0.344 e. The van der Waals surface area contributed by atoms with Crippen molar-refractivity contribution in [2.75, 3.05) is 6.54 Å². The molecule has 0 aliphatic heterocycles. The van der Waals surface area contributed by atoms with Crippen LogP contribution >= 0.6 is 0 Å². The summed E-state index contributed by atoms with van der Waals surface area (Å²) < 4.78 is 24.5. The minimum absolute atomic E-state index is 0.0307. The molecular formula is C32H29N3O5S. The summed E-state index contributed by atoms with van der Waals surface area (Å²) in [7, 11) is -3.64. The Morgan fingerprint density at radius 1 is 0.756 bits per heavy atom. The number of sulfone groups is 1. The summed E-state index contributed by atoms with van der Waals surface area (Å²) in [5, 5.41) is 11.3. The highest BCUT2D eigenvalue weighted by atomic mass is 32.2. The van der Waals surface area contributed by atoms with E-state index in [0.717, 1.165) is 34.6 Å². The van der Waals surface area contributed by atoms with Gasteiger partial charge >= 0.3 is 11.8 Å². The molecule has 41 heavy (non-hydrogen) atoms.